The summed E-state index contributed by atoms with van der Waals surface area (Å²) in [6.45, 7) is 4.11. The van der Waals surface area contributed by atoms with Gasteiger partial charge < -0.3 is 19.7 Å². The molecule has 0 unspecified atom stereocenters. The van der Waals surface area contributed by atoms with Gasteiger partial charge in [-0.3, -0.25) is 0 Å². The van der Waals surface area contributed by atoms with E-state index in [0.29, 0.717) is 23.2 Å². The zero-order chi connectivity index (χ0) is 14.7. The topological polar surface area (TPSA) is 83.4 Å². The minimum Gasteiger partial charge on any atom is -0.493 e. The van der Waals surface area contributed by atoms with Crippen molar-refractivity contribution in [2.75, 3.05) is 7.11 Å². The van der Waals surface area contributed by atoms with Crippen LogP contribution in [0.1, 0.15) is 19.7 Å². The van der Waals surface area contributed by atoms with Crippen LogP contribution in [0.25, 0.3) is 11.4 Å². The number of rotatable bonds is 5. The summed E-state index contributed by atoms with van der Waals surface area (Å²) in [6.07, 6.45) is 0.0515. The van der Waals surface area contributed by atoms with Crippen LogP contribution in [0.5, 0.6) is 11.5 Å². The van der Waals surface area contributed by atoms with Crippen molar-refractivity contribution in [1.82, 2.24) is 10.1 Å². The van der Waals surface area contributed by atoms with Gasteiger partial charge in [0, 0.05) is 10.0 Å². The SMILES string of the molecule is COc1cc(-c2noc(CN)n2)c(Br)cc1OC(C)C. The number of nitrogens with zero attached hydrogens (tertiary/aromatic N) is 2. The van der Waals surface area contributed by atoms with Gasteiger partial charge >= 0.3 is 0 Å². The highest BCUT2D eigenvalue weighted by atomic mass is 79.9. The third kappa shape index (κ3) is 3.10. The molecule has 20 heavy (non-hydrogen) atoms. The molecular weight excluding hydrogens is 326 g/mol. The third-order valence-electron chi connectivity index (χ3n) is 2.50. The summed E-state index contributed by atoms with van der Waals surface area (Å²) in [5.74, 6) is 2.09. The predicted molar refractivity (Wildman–Crippen MR) is 77.6 cm³/mol. The van der Waals surface area contributed by atoms with Gasteiger partial charge in [-0.05, 0) is 41.9 Å². The van der Waals surface area contributed by atoms with Crippen molar-refractivity contribution in [3.05, 3.63) is 22.5 Å². The maximum Gasteiger partial charge on any atom is 0.240 e. The second-order valence-electron chi connectivity index (χ2n) is 4.37. The summed E-state index contributed by atoms with van der Waals surface area (Å²) >= 11 is 3.48. The Bertz CT molecular complexity index is 599. The molecule has 2 rings (SSSR count). The fraction of sp³-hybridized carbons (Fsp3) is 0.385. The van der Waals surface area contributed by atoms with E-state index in [4.69, 9.17) is 19.7 Å². The number of halogens is 1. The molecule has 0 aliphatic carbocycles. The lowest BCUT2D eigenvalue weighted by atomic mass is 10.2. The number of aromatic nitrogens is 2. The van der Waals surface area contributed by atoms with Crippen LogP contribution in [0, 0.1) is 0 Å². The number of hydrogen-bond donors (Lipinski definition) is 1. The molecule has 0 saturated heterocycles. The minimum atomic E-state index is 0.0515. The minimum absolute atomic E-state index is 0.0515. The highest BCUT2D eigenvalue weighted by Gasteiger charge is 2.16. The van der Waals surface area contributed by atoms with Crippen LogP contribution < -0.4 is 15.2 Å². The molecule has 2 aromatic rings. The largest absolute Gasteiger partial charge is 0.493 e. The Kier molecular flexibility index (Phi) is 4.61. The number of benzene rings is 1. The Hall–Kier alpha value is -1.60. The molecule has 0 bridgehead atoms. The van der Waals surface area contributed by atoms with Gasteiger partial charge in [-0.15, -0.1) is 0 Å². The first-order valence-electron chi connectivity index (χ1n) is 6.12. The fourth-order valence-corrected chi connectivity index (χ4v) is 2.16. The summed E-state index contributed by atoms with van der Waals surface area (Å²) in [6, 6.07) is 3.62. The smallest absolute Gasteiger partial charge is 0.240 e. The quantitative estimate of drug-likeness (QED) is 0.900. The second-order valence-corrected chi connectivity index (χ2v) is 5.22. The average molecular weight is 342 g/mol. The number of ether oxygens (including phenoxy) is 2. The maximum absolute atomic E-state index is 5.70. The van der Waals surface area contributed by atoms with Gasteiger partial charge in [-0.25, -0.2) is 0 Å². The molecule has 0 fully saturated rings. The van der Waals surface area contributed by atoms with Gasteiger partial charge in [-0.1, -0.05) is 5.16 Å². The summed E-state index contributed by atoms with van der Waals surface area (Å²) < 4.78 is 16.8. The first kappa shape index (κ1) is 14.8. The first-order chi connectivity index (χ1) is 9.55. The molecule has 2 N–H and O–H groups in total. The maximum atomic E-state index is 5.70. The zero-order valence-electron chi connectivity index (χ0n) is 11.5. The van der Waals surface area contributed by atoms with Crippen molar-refractivity contribution in [2.24, 2.45) is 5.73 Å². The van der Waals surface area contributed by atoms with Crippen LogP contribution in [0.2, 0.25) is 0 Å². The fourth-order valence-electron chi connectivity index (χ4n) is 1.66. The van der Waals surface area contributed by atoms with Gasteiger partial charge in [-0.2, -0.15) is 4.98 Å². The van der Waals surface area contributed by atoms with E-state index < -0.39 is 0 Å². The molecule has 6 nitrogen and oxygen atoms in total. The Balaban J connectivity index is 2.44. The normalized spacial score (nSPS) is 10.9. The molecule has 1 aromatic carbocycles. The first-order valence-corrected chi connectivity index (χ1v) is 6.91. The van der Waals surface area contributed by atoms with E-state index >= 15 is 0 Å². The van der Waals surface area contributed by atoms with Crippen LogP contribution in [0.4, 0.5) is 0 Å². The average Bonchev–Trinajstić information content (AvgIpc) is 2.87. The Morgan fingerprint density at radius 3 is 2.65 bits per heavy atom. The molecule has 1 heterocycles. The van der Waals surface area contributed by atoms with E-state index in [-0.39, 0.29) is 12.6 Å². The van der Waals surface area contributed by atoms with E-state index in [0.717, 1.165) is 10.0 Å². The lowest BCUT2D eigenvalue weighted by molar-refractivity contribution is 0.230. The van der Waals surface area contributed by atoms with Crippen molar-refractivity contribution in [1.29, 1.82) is 0 Å². The molecule has 7 heteroatoms. The van der Waals surface area contributed by atoms with E-state index in [1.165, 1.54) is 0 Å². The highest BCUT2D eigenvalue weighted by molar-refractivity contribution is 9.10. The van der Waals surface area contributed by atoms with E-state index in [9.17, 15) is 0 Å². The molecule has 108 valence electrons. The van der Waals surface area contributed by atoms with Crippen LogP contribution in [0.3, 0.4) is 0 Å². The number of nitrogens with two attached hydrogens (primary N) is 1. The molecule has 0 amide bonds. The Labute approximate surface area is 125 Å². The van der Waals surface area contributed by atoms with E-state index in [2.05, 4.69) is 26.1 Å². The monoisotopic (exact) mass is 341 g/mol. The van der Waals surface area contributed by atoms with Gasteiger partial charge in [0.05, 0.1) is 19.8 Å². The van der Waals surface area contributed by atoms with Crippen molar-refractivity contribution in [2.45, 2.75) is 26.5 Å². The Morgan fingerprint density at radius 2 is 2.10 bits per heavy atom. The zero-order valence-corrected chi connectivity index (χ0v) is 13.1. The number of hydrogen-bond acceptors (Lipinski definition) is 6. The van der Waals surface area contributed by atoms with E-state index in [1.54, 1.807) is 13.2 Å². The highest BCUT2D eigenvalue weighted by Crippen LogP contribution is 2.38. The molecule has 0 radical (unpaired) electrons. The molecule has 1 aromatic heterocycles. The summed E-state index contributed by atoms with van der Waals surface area (Å²) in [4.78, 5) is 4.20. The third-order valence-corrected chi connectivity index (χ3v) is 3.16. The van der Waals surface area contributed by atoms with Crippen LogP contribution >= 0.6 is 15.9 Å². The molecular formula is C13H16BrN3O3. The van der Waals surface area contributed by atoms with Crippen LogP contribution in [-0.4, -0.2) is 23.4 Å². The number of methoxy groups -OCH3 is 1. The molecule has 0 aliphatic rings. The van der Waals surface area contributed by atoms with Crippen LogP contribution in [-0.2, 0) is 6.54 Å². The lowest BCUT2D eigenvalue weighted by Gasteiger charge is -2.15. The lowest BCUT2D eigenvalue weighted by Crippen LogP contribution is -2.07. The van der Waals surface area contributed by atoms with Crippen molar-refractivity contribution in [3.8, 4) is 22.9 Å². The standard InChI is InChI=1S/C13H16BrN3O3/c1-7(2)19-11-5-9(14)8(4-10(11)18-3)13-16-12(6-15)20-17-13/h4-5,7H,6,15H2,1-3H3. The Morgan fingerprint density at radius 1 is 1.35 bits per heavy atom. The van der Waals surface area contributed by atoms with Gasteiger partial charge in [0.1, 0.15) is 0 Å². The van der Waals surface area contributed by atoms with Gasteiger partial charge in [0.2, 0.25) is 11.7 Å². The summed E-state index contributed by atoms with van der Waals surface area (Å²) in [7, 11) is 1.59. The second kappa shape index (κ2) is 6.23. The van der Waals surface area contributed by atoms with Gasteiger partial charge in [0.15, 0.2) is 11.5 Å². The van der Waals surface area contributed by atoms with Crippen molar-refractivity contribution in [3.63, 3.8) is 0 Å². The van der Waals surface area contributed by atoms with Crippen molar-refractivity contribution < 1.29 is 14.0 Å². The molecule has 0 aliphatic heterocycles. The molecule has 0 atom stereocenters. The summed E-state index contributed by atoms with van der Waals surface area (Å²) in [5, 5.41) is 3.89. The summed E-state index contributed by atoms with van der Waals surface area (Å²) in [5.41, 5.74) is 6.21. The van der Waals surface area contributed by atoms with Crippen LogP contribution in [0.15, 0.2) is 21.1 Å². The molecule has 0 saturated carbocycles. The predicted octanol–water partition coefficient (Wildman–Crippen LogP) is 2.75. The van der Waals surface area contributed by atoms with Crippen molar-refractivity contribution >= 4 is 15.9 Å². The van der Waals surface area contributed by atoms with E-state index in [1.807, 2.05) is 19.9 Å². The van der Waals surface area contributed by atoms with Gasteiger partial charge in [0.25, 0.3) is 0 Å². The molecule has 0 spiro atoms.